The smallest absolute Gasteiger partial charge is 0.151 e. The summed E-state index contributed by atoms with van der Waals surface area (Å²) in [5, 5.41) is 68.1. The molecule has 0 rings (SSSR count). The van der Waals surface area contributed by atoms with Crippen LogP contribution in [0.4, 0.5) is 0 Å². The van der Waals surface area contributed by atoms with Crippen molar-refractivity contribution in [2.24, 2.45) is 0 Å². The molecule has 0 bridgehead atoms. The van der Waals surface area contributed by atoms with Gasteiger partial charge >= 0.3 is 0 Å². The summed E-state index contributed by atoms with van der Waals surface area (Å²) in [6.07, 6.45) is -9.26. The van der Waals surface area contributed by atoms with Crippen LogP contribution in [0.25, 0.3) is 0 Å². The van der Waals surface area contributed by atoms with Crippen molar-refractivity contribution in [3.63, 3.8) is 0 Å². The minimum Gasteiger partial charge on any atom is -0.394 e. The van der Waals surface area contributed by atoms with Crippen LogP contribution < -0.4 is 0 Å². The molecule has 8 N–H and O–H groups in total. The van der Waals surface area contributed by atoms with E-state index < -0.39 is 49.8 Å². The average Bonchev–Trinajstić information content (AvgIpc) is 2.50. The van der Waals surface area contributed by atoms with E-state index in [0.29, 0.717) is 0 Å². The van der Waals surface area contributed by atoms with E-state index in [2.05, 4.69) is 0 Å². The molecule has 6 atom stereocenters. The Labute approximate surface area is 114 Å². The number of carbonyl (C=O) groups excluding carboxylic acids is 2. The second kappa shape index (κ2) is 11.8. The molecule has 0 aromatic carbocycles. The lowest BCUT2D eigenvalue weighted by atomic mass is 10.1. The molecule has 0 heterocycles. The van der Waals surface area contributed by atoms with Crippen LogP contribution in [-0.2, 0) is 9.59 Å². The van der Waals surface area contributed by atoms with Gasteiger partial charge in [0.2, 0.25) is 0 Å². The van der Waals surface area contributed by atoms with Gasteiger partial charge in [0.15, 0.2) is 12.6 Å². The molecule has 0 amide bonds. The summed E-state index contributed by atoms with van der Waals surface area (Å²) in [4.78, 5) is 19.5. The van der Waals surface area contributed by atoms with Crippen molar-refractivity contribution in [1.29, 1.82) is 0 Å². The summed E-state index contributed by atoms with van der Waals surface area (Å²) in [7, 11) is 0. The van der Waals surface area contributed by atoms with Gasteiger partial charge in [-0.25, -0.2) is 0 Å². The van der Waals surface area contributed by atoms with E-state index in [4.69, 9.17) is 40.9 Å². The Morgan fingerprint density at radius 1 is 0.650 bits per heavy atom. The zero-order chi connectivity index (χ0) is 16.3. The Hall–Kier alpha value is -0.980. The van der Waals surface area contributed by atoms with Crippen LogP contribution in [-0.4, -0.2) is 103 Å². The molecule has 0 aliphatic heterocycles. The highest BCUT2D eigenvalue weighted by atomic mass is 16.4. The van der Waals surface area contributed by atoms with E-state index in [-0.39, 0.29) is 12.6 Å². The van der Waals surface area contributed by atoms with Crippen molar-refractivity contribution in [2.45, 2.75) is 36.6 Å². The first-order valence-electron chi connectivity index (χ1n) is 5.47. The average molecular weight is 300 g/mol. The normalized spacial score (nSPS) is 19.6. The van der Waals surface area contributed by atoms with Gasteiger partial charge < -0.3 is 50.4 Å². The van der Waals surface area contributed by atoms with E-state index in [0.717, 1.165) is 0 Å². The van der Waals surface area contributed by atoms with Crippen LogP contribution in [0.3, 0.4) is 0 Å². The van der Waals surface area contributed by atoms with Gasteiger partial charge in [0, 0.05) is 0 Å². The van der Waals surface area contributed by atoms with Crippen LogP contribution in [0.2, 0.25) is 0 Å². The molecule has 0 radical (unpaired) electrons. The molecule has 0 aliphatic carbocycles. The summed E-state index contributed by atoms with van der Waals surface area (Å²) < 4.78 is 0. The first-order chi connectivity index (χ1) is 9.26. The number of rotatable bonds is 8. The molecule has 0 spiro atoms. The lowest BCUT2D eigenvalue weighted by Crippen LogP contribution is -2.40. The predicted molar refractivity (Wildman–Crippen MR) is 62.3 cm³/mol. The fourth-order valence-electron chi connectivity index (χ4n) is 0.832. The van der Waals surface area contributed by atoms with Gasteiger partial charge in [-0.2, -0.15) is 0 Å². The molecule has 0 aromatic heterocycles. The first kappa shape index (κ1) is 21.3. The fourth-order valence-corrected chi connectivity index (χ4v) is 0.832. The second-order valence-corrected chi connectivity index (χ2v) is 3.73. The number of hydrogen-bond donors (Lipinski definition) is 8. The van der Waals surface area contributed by atoms with Crippen molar-refractivity contribution >= 4 is 12.6 Å². The Balaban J connectivity index is 0. The monoisotopic (exact) mass is 300 g/mol. The molecule has 20 heavy (non-hydrogen) atoms. The summed E-state index contributed by atoms with van der Waals surface area (Å²) in [5.74, 6) is 0. The summed E-state index contributed by atoms with van der Waals surface area (Å²) in [5.41, 5.74) is 0. The minimum absolute atomic E-state index is 0.0869. The summed E-state index contributed by atoms with van der Waals surface area (Å²) in [6.45, 7) is -1.38. The number of aliphatic hydroxyl groups excluding tert-OH is 8. The van der Waals surface area contributed by atoms with Crippen molar-refractivity contribution in [3.8, 4) is 0 Å². The van der Waals surface area contributed by atoms with E-state index in [1.807, 2.05) is 0 Å². The molecule has 120 valence electrons. The van der Waals surface area contributed by atoms with Crippen LogP contribution in [0.5, 0.6) is 0 Å². The number of aliphatic hydroxyl groups is 8. The topological polar surface area (TPSA) is 196 Å². The molecular weight excluding hydrogens is 280 g/mol. The zero-order valence-corrected chi connectivity index (χ0v) is 10.4. The molecule has 10 nitrogen and oxygen atoms in total. The molecule has 10 heteroatoms. The van der Waals surface area contributed by atoms with Gasteiger partial charge in [0.1, 0.15) is 36.6 Å². The van der Waals surface area contributed by atoms with Crippen LogP contribution in [0.15, 0.2) is 0 Å². The SMILES string of the molecule is O=C[C@H](O)[C@@H](O)[C@H](O)CO.O=C[C@H](O)[C@H](O)[C@H](O)CO. The molecule has 0 saturated carbocycles. The van der Waals surface area contributed by atoms with Crippen LogP contribution in [0.1, 0.15) is 0 Å². The Morgan fingerprint density at radius 2 is 0.900 bits per heavy atom. The lowest BCUT2D eigenvalue weighted by Gasteiger charge is -2.16. The van der Waals surface area contributed by atoms with Gasteiger partial charge in [-0.3, -0.25) is 0 Å². The maximum atomic E-state index is 9.76. The summed E-state index contributed by atoms with van der Waals surface area (Å²) >= 11 is 0. The third-order valence-corrected chi connectivity index (χ3v) is 2.14. The van der Waals surface area contributed by atoms with E-state index in [1.165, 1.54) is 0 Å². The maximum absolute atomic E-state index is 9.76. The molecule has 0 aliphatic rings. The van der Waals surface area contributed by atoms with Gasteiger partial charge in [-0.1, -0.05) is 0 Å². The van der Waals surface area contributed by atoms with Gasteiger partial charge in [0.25, 0.3) is 0 Å². The van der Waals surface area contributed by atoms with Crippen molar-refractivity contribution < 1.29 is 50.4 Å². The number of carbonyl (C=O) groups is 2. The molecular formula is C10H20O10. The van der Waals surface area contributed by atoms with Crippen molar-refractivity contribution in [3.05, 3.63) is 0 Å². The minimum atomic E-state index is -1.64. The number of hydrogen-bond acceptors (Lipinski definition) is 10. The standard InChI is InChI=1S/2C5H10O5/c2*6-1-3(8)5(10)4(9)2-7/h2*1,3-5,7-10H,2H2/t3-,4+,5+;3-,4+,5-/m00/s1. The third-order valence-electron chi connectivity index (χ3n) is 2.14. The summed E-state index contributed by atoms with van der Waals surface area (Å²) in [6, 6.07) is 0. The Kier molecular flexibility index (Phi) is 12.6. The van der Waals surface area contributed by atoms with Crippen LogP contribution >= 0.6 is 0 Å². The highest BCUT2D eigenvalue weighted by molar-refractivity contribution is 5.57. The fraction of sp³-hybridized carbons (Fsp3) is 0.800. The van der Waals surface area contributed by atoms with Crippen LogP contribution in [0, 0.1) is 0 Å². The predicted octanol–water partition coefficient (Wildman–Crippen LogP) is -5.48. The first-order valence-corrected chi connectivity index (χ1v) is 5.47. The molecule has 0 unspecified atom stereocenters. The lowest BCUT2D eigenvalue weighted by molar-refractivity contribution is -0.128. The van der Waals surface area contributed by atoms with Gasteiger partial charge in [-0.15, -0.1) is 0 Å². The zero-order valence-electron chi connectivity index (χ0n) is 10.4. The maximum Gasteiger partial charge on any atom is 0.151 e. The molecule has 0 fully saturated rings. The largest absolute Gasteiger partial charge is 0.394 e. The van der Waals surface area contributed by atoms with Gasteiger partial charge in [-0.05, 0) is 0 Å². The molecule has 0 aromatic rings. The van der Waals surface area contributed by atoms with E-state index >= 15 is 0 Å². The number of aldehydes is 2. The van der Waals surface area contributed by atoms with Crippen molar-refractivity contribution in [1.82, 2.24) is 0 Å². The second-order valence-electron chi connectivity index (χ2n) is 3.73. The van der Waals surface area contributed by atoms with E-state index in [1.54, 1.807) is 0 Å². The third kappa shape index (κ3) is 8.24. The highest BCUT2D eigenvalue weighted by Gasteiger charge is 2.23. The molecule has 0 saturated heterocycles. The van der Waals surface area contributed by atoms with Crippen molar-refractivity contribution in [2.75, 3.05) is 13.2 Å². The van der Waals surface area contributed by atoms with Gasteiger partial charge in [0.05, 0.1) is 13.2 Å². The Bertz CT molecular complexity index is 234. The Morgan fingerprint density at radius 3 is 1.05 bits per heavy atom. The quantitative estimate of drug-likeness (QED) is 0.200. The van der Waals surface area contributed by atoms with E-state index in [9.17, 15) is 9.59 Å². The highest BCUT2D eigenvalue weighted by Crippen LogP contribution is 1.97.